The summed E-state index contributed by atoms with van der Waals surface area (Å²) >= 11 is 0. The van der Waals surface area contributed by atoms with Crippen LogP contribution in [-0.4, -0.2) is 33.6 Å². The summed E-state index contributed by atoms with van der Waals surface area (Å²) in [6.07, 6.45) is 4.21. The van der Waals surface area contributed by atoms with Gasteiger partial charge in [0.2, 0.25) is 0 Å². The van der Waals surface area contributed by atoms with Crippen molar-refractivity contribution in [1.29, 1.82) is 0 Å². The standard InChI is InChI=1S/C9H15N3O2.C2H6/c1-2-3-7(13)6-12-9(14)8-10-4-5-11-8;1-2/h4-5,7,13H,2-3,6H2,1H3,(H,10,11)(H,12,14);1-2H3. The minimum Gasteiger partial charge on any atom is -0.391 e. The fourth-order valence-electron chi connectivity index (χ4n) is 1.12. The van der Waals surface area contributed by atoms with Gasteiger partial charge in [-0.2, -0.15) is 0 Å². The second-order valence-electron chi connectivity index (χ2n) is 3.09. The van der Waals surface area contributed by atoms with Gasteiger partial charge in [0.05, 0.1) is 6.10 Å². The van der Waals surface area contributed by atoms with Crippen LogP contribution in [0.2, 0.25) is 0 Å². The molecular weight excluding hydrogens is 206 g/mol. The third kappa shape index (κ3) is 5.50. The number of carbonyl (C=O) groups excluding carboxylic acids is 1. The number of imidazole rings is 1. The van der Waals surface area contributed by atoms with E-state index in [0.717, 1.165) is 6.42 Å². The van der Waals surface area contributed by atoms with Gasteiger partial charge in [0.15, 0.2) is 5.82 Å². The van der Waals surface area contributed by atoms with E-state index in [1.54, 1.807) is 6.20 Å². The highest BCUT2D eigenvalue weighted by molar-refractivity contribution is 5.90. The molecule has 0 aliphatic rings. The molecule has 0 radical (unpaired) electrons. The number of hydrogen-bond acceptors (Lipinski definition) is 3. The number of rotatable bonds is 5. The van der Waals surface area contributed by atoms with Gasteiger partial charge in [0, 0.05) is 18.9 Å². The smallest absolute Gasteiger partial charge is 0.287 e. The van der Waals surface area contributed by atoms with Crippen LogP contribution in [0.4, 0.5) is 0 Å². The van der Waals surface area contributed by atoms with Gasteiger partial charge in [0.25, 0.3) is 5.91 Å². The van der Waals surface area contributed by atoms with Gasteiger partial charge in [-0.25, -0.2) is 4.98 Å². The minimum absolute atomic E-state index is 0.271. The molecule has 0 spiro atoms. The maximum absolute atomic E-state index is 11.3. The van der Waals surface area contributed by atoms with E-state index in [-0.39, 0.29) is 18.3 Å². The number of H-pyrrole nitrogens is 1. The third-order valence-corrected chi connectivity index (χ3v) is 1.83. The van der Waals surface area contributed by atoms with E-state index < -0.39 is 6.10 Å². The molecule has 1 atom stereocenters. The third-order valence-electron chi connectivity index (χ3n) is 1.83. The quantitative estimate of drug-likeness (QED) is 0.710. The number of carbonyl (C=O) groups is 1. The molecule has 1 aromatic rings. The number of aliphatic hydroxyl groups excluding tert-OH is 1. The fraction of sp³-hybridized carbons (Fsp3) is 0.636. The Hall–Kier alpha value is -1.36. The summed E-state index contributed by atoms with van der Waals surface area (Å²) in [6.45, 7) is 6.25. The number of aromatic nitrogens is 2. The van der Waals surface area contributed by atoms with E-state index in [0.29, 0.717) is 6.42 Å². The van der Waals surface area contributed by atoms with Crippen molar-refractivity contribution in [2.75, 3.05) is 6.54 Å². The second kappa shape index (κ2) is 8.91. The molecule has 1 amide bonds. The maximum atomic E-state index is 11.3. The van der Waals surface area contributed by atoms with E-state index in [4.69, 9.17) is 0 Å². The molecule has 0 saturated heterocycles. The van der Waals surface area contributed by atoms with Gasteiger partial charge in [-0.3, -0.25) is 4.79 Å². The molecule has 1 unspecified atom stereocenters. The molecule has 92 valence electrons. The van der Waals surface area contributed by atoms with Crippen LogP contribution in [0.15, 0.2) is 12.4 Å². The van der Waals surface area contributed by atoms with E-state index >= 15 is 0 Å². The number of amides is 1. The van der Waals surface area contributed by atoms with Crippen molar-refractivity contribution >= 4 is 5.91 Å². The number of nitrogens with zero attached hydrogens (tertiary/aromatic N) is 1. The van der Waals surface area contributed by atoms with E-state index in [2.05, 4.69) is 15.3 Å². The van der Waals surface area contributed by atoms with Gasteiger partial charge in [-0.1, -0.05) is 27.2 Å². The molecule has 1 heterocycles. The number of aliphatic hydroxyl groups is 1. The lowest BCUT2D eigenvalue weighted by Gasteiger charge is -2.09. The van der Waals surface area contributed by atoms with Crippen molar-refractivity contribution in [1.82, 2.24) is 15.3 Å². The van der Waals surface area contributed by atoms with Crippen molar-refractivity contribution < 1.29 is 9.90 Å². The van der Waals surface area contributed by atoms with Gasteiger partial charge in [-0.15, -0.1) is 0 Å². The summed E-state index contributed by atoms with van der Waals surface area (Å²) in [6, 6.07) is 0. The largest absolute Gasteiger partial charge is 0.391 e. The molecular formula is C11H21N3O2. The Kier molecular flexibility index (Phi) is 8.15. The molecule has 0 aromatic carbocycles. The normalized spacial score (nSPS) is 11.2. The van der Waals surface area contributed by atoms with Gasteiger partial charge < -0.3 is 15.4 Å². The molecule has 3 N–H and O–H groups in total. The van der Waals surface area contributed by atoms with Crippen molar-refractivity contribution in [3.8, 4) is 0 Å². The zero-order valence-electron chi connectivity index (χ0n) is 10.2. The highest BCUT2D eigenvalue weighted by Crippen LogP contribution is 1.94. The Morgan fingerprint density at radius 2 is 2.31 bits per heavy atom. The number of nitrogens with one attached hydrogen (secondary N) is 2. The van der Waals surface area contributed by atoms with Gasteiger partial charge in [0.1, 0.15) is 0 Å². The van der Waals surface area contributed by atoms with Crippen molar-refractivity contribution in [3.05, 3.63) is 18.2 Å². The first-order valence-electron chi connectivity index (χ1n) is 5.69. The van der Waals surface area contributed by atoms with Crippen molar-refractivity contribution in [2.24, 2.45) is 0 Å². The Morgan fingerprint density at radius 1 is 1.62 bits per heavy atom. The van der Waals surface area contributed by atoms with Crippen LogP contribution in [0.25, 0.3) is 0 Å². The van der Waals surface area contributed by atoms with Crippen LogP contribution in [0, 0.1) is 0 Å². The number of hydrogen-bond donors (Lipinski definition) is 3. The maximum Gasteiger partial charge on any atom is 0.287 e. The second-order valence-corrected chi connectivity index (χ2v) is 3.09. The lowest BCUT2D eigenvalue weighted by Crippen LogP contribution is -2.32. The summed E-state index contributed by atoms with van der Waals surface area (Å²) < 4.78 is 0. The highest BCUT2D eigenvalue weighted by Gasteiger charge is 2.09. The summed E-state index contributed by atoms with van der Waals surface area (Å²) in [7, 11) is 0. The molecule has 5 heteroatoms. The number of aromatic amines is 1. The van der Waals surface area contributed by atoms with Crippen molar-refractivity contribution in [2.45, 2.75) is 39.7 Å². The van der Waals surface area contributed by atoms with E-state index in [1.807, 2.05) is 20.8 Å². The Balaban J connectivity index is 0.00000106. The van der Waals surface area contributed by atoms with Crippen LogP contribution in [-0.2, 0) is 0 Å². The first kappa shape index (κ1) is 14.6. The summed E-state index contributed by atoms with van der Waals surface area (Å²) in [5, 5.41) is 11.9. The van der Waals surface area contributed by atoms with Crippen molar-refractivity contribution in [3.63, 3.8) is 0 Å². The average Bonchev–Trinajstić information content (AvgIpc) is 2.82. The van der Waals surface area contributed by atoms with E-state index in [1.165, 1.54) is 6.20 Å². The fourth-order valence-corrected chi connectivity index (χ4v) is 1.12. The zero-order valence-corrected chi connectivity index (χ0v) is 10.2. The zero-order chi connectivity index (χ0) is 12.4. The SMILES string of the molecule is CC.CCCC(O)CNC(=O)c1ncc[nH]1. The predicted octanol–water partition coefficient (Wildman–Crippen LogP) is 1.33. The van der Waals surface area contributed by atoms with Crippen LogP contribution in [0.3, 0.4) is 0 Å². The van der Waals surface area contributed by atoms with Crippen LogP contribution >= 0.6 is 0 Å². The Morgan fingerprint density at radius 3 is 2.81 bits per heavy atom. The summed E-state index contributed by atoms with van der Waals surface area (Å²) in [5.74, 6) is -0.0150. The van der Waals surface area contributed by atoms with Crippen LogP contribution in [0.5, 0.6) is 0 Å². The predicted molar refractivity (Wildman–Crippen MR) is 63.2 cm³/mol. The molecule has 1 rings (SSSR count). The molecule has 1 aromatic heterocycles. The molecule has 0 bridgehead atoms. The molecule has 0 aliphatic heterocycles. The molecule has 0 fully saturated rings. The summed E-state index contributed by atoms with van der Waals surface area (Å²) in [5.41, 5.74) is 0. The first-order chi connectivity index (χ1) is 7.74. The van der Waals surface area contributed by atoms with Gasteiger partial charge >= 0.3 is 0 Å². The molecule has 0 saturated carbocycles. The molecule has 0 aliphatic carbocycles. The highest BCUT2D eigenvalue weighted by atomic mass is 16.3. The molecule has 16 heavy (non-hydrogen) atoms. The Bertz CT molecular complexity index is 273. The average molecular weight is 227 g/mol. The summed E-state index contributed by atoms with van der Waals surface area (Å²) in [4.78, 5) is 17.8. The molecule has 5 nitrogen and oxygen atoms in total. The lowest BCUT2D eigenvalue weighted by molar-refractivity contribution is 0.0901. The minimum atomic E-state index is -0.473. The van der Waals surface area contributed by atoms with Gasteiger partial charge in [-0.05, 0) is 6.42 Å². The Labute approximate surface area is 96.3 Å². The topological polar surface area (TPSA) is 78.0 Å². The van der Waals surface area contributed by atoms with E-state index in [9.17, 15) is 9.90 Å². The van der Waals surface area contributed by atoms with Crippen LogP contribution < -0.4 is 5.32 Å². The van der Waals surface area contributed by atoms with Crippen LogP contribution in [0.1, 0.15) is 44.2 Å². The first-order valence-corrected chi connectivity index (χ1v) is 5.69. The monoisotopic (exact) mass is 227 g/mol. The lowest BCUT2D eigenvalue weighted by atomic mass is 10.2.